The highest BCUT2D eigenvalue weighted by molar-refractivity contribution is 5.89. The van der Waals surface area contributed by atoms with Gasteiger partial charge in [-0.25, -0.2) is 4.68 Å². The summed E-state index contributed by atoms with van der Waals surface area (Å²) in [5.74, 6) is 0.745. The van der Waals surface area contributed by atoms with Gasteiger partial charge in [0.2, 0.25) is 18.6 Å². The third-order valence-electron chi connectivity index (χ3n) is 6.58. The molecule has 9 nitrogen and oxygen atoms in total. The van der Waals surface area contributed by atoms with Crippen molar-refractivity contribution >= 4 is 22.8 Å². The van der Waals surface area contributed by atoms with Crippen molar-refractivity contribution in [3.63, 3.8) is 0 Å². The van der Waals surface area contributed by atoms with Crippen molar-refractivity contribution in [1.29, 1.82) is 0 Å². The summed E-state index contributed by atoms with van der Waals surface area (Å²) in [6.07, 6.45) is 0.873. The van der Waals surface area contributed by atoms with Gasteiger partial charge in [0.15, 0.2) is 11.5 Å². The standard InChI is InChI=1S/C30H33N5O4/c1-5-20-10-13-22(14-11-20)28(29(37)31-30(2,3)4)34(17-21-12-15-25-26(16-21)39-19-38-25)27(36)18-35-24-9-7-6-8-23(24)32-33-35/h6-16,28H,5,17-19H2,1-4H3,(H,31,37)/t28-/m1/s1. The average Bonchev–Trinajstić information content (AvgIpc) is 3.54. The molecular formula is C30H33N5O4. The molecule has 2 amide bonds. The van der Waals surface area contributed by atoms with Crippen LogP contribution < -0.4 is 14.8 Å². The molecule has 0 saturated carbocycles. The van der Waals surface area contributed by atoms with E-state index in [2.05, 4.69) is 22.6 Å². The molecule has 1 atom stereocenters. The molecule has 5 rings (SSSR count). The second kappa shape index (κ2) is 10.8. The number of para-hydroxylation sites is 1. The van der Waals surface area contributed by atoms with Crippen LogP contribution in [0.15, 0.2) is 66.7 Å². The summed E-state index contributed by atoms with van der Waals surface area (Å²) >= 11 is 0. The van der Waals surface area contributed by atoms with Gasteiger partial charge in [-0.05, 0) is 68.1 Å². The minimum absolute atomic E-state index is 0.0720. The van der Waals surface area contributed by atoms with Crippen molar-refractivity contribution in [1.82, 2.24) is 25.2 Å². The molecule has 0 spiro atoms. The first-order valence-corrected chi connectivity index (χ1v) is 13.1. The molecule has 0 unspecified atom stereocenters. The molecule has 1 aliphatic rings. The number of ether oxygens (including phenoxy) is 2. The molecule has 3 aromatic carbocycles. The summed E-state index contributed by atoms with van der Waals surface area (Å²) in [4.78, 5) is 29.6. The van der Waals surface area contributed by atoms with Gasteiger partial charge in [-0.2, -0.15) is 0 Å². The highest BCUT2D eigenvalue weighted by atomic mass is 16.7. The number of benzene rings is 3. The molecule has 202 valence electrons. The fourth-order valence-electron chi connectivity index (χ4n) is 4.66. The fraction of sp³-hybridized carbons (Fsp3) is 0.333. The fourth-order valence-corrected chi connectivity index (χ4v) is 4.66. The Morgan fingerprint density at radius 1 is 1.00 bits per heavy atom. The number of nitrogens with one attached hydrogen (secondary N) is 1. The SMILES string of the molecule is CCc1ccc([C@H](C(=O)NC(C)(C)C)N(Cc2ccc3c(c2)OCO3)C(=O)Cn2nnc3ccccc32)cc1. The molecular weight excluding hydrogens is 494 g/mol. The first-order chi connectivity index (χ1) is 18.7. The quantitative estimate of drug-likeness (QED) is 0.365. The lowest BCUT2D eigenvalue weighted by Gasteiger charge is -2.34. The smallest absolute Gasteiger partial charge is 0.247 e. The Morgan fingerprint density at radius 2 is 1.72 bits per heavy atom. The Bertz CT molecular complexity index is 1490. The number of hydrogen-bond donors (Lipinski definition) is 1. The van der Waals surface area contributed by atoms with Gasteiger partial charge in [0.05, 0.1) is 5.52 Å². The maximum Gasteiger partial charge on any atom is 0.247 e. The second-order valence-electron chi connectivity index (χ2n) is 10.7. The Labute approximate surface area is 227 Å². The number of hydrogen-bond acceptors (Lipinski definition) is 6. The van der Waals surface area contributed by atoms with Crippen LogP contribution in [0.5, 0.6) is 11.5 Å². The van der Waals surface area contributed by atoms with Gasteiger partial charge >= 0.3 is 0 Å². The van der Waals surface area contributed by atoms with E-state index in [1.807, 2.05) is 87.5 Å². The van der Waals surface area contributed by atoms with Crippen molar-refractivity contribution in [3.05, 3.63) is 83.4 Å². The van der Waals surface area contributed by atoms with Gasteiger partial charge in [-0.1, -0.05) is 54.6 Å². The largest absolute Gasteiger partial charge is 0.454 e. The van der Waals surface area contributed by atoms with Gasteiger partial charge in [0, 0.05) is 12.1 Å². The summed E-state index contributed by atoms with van der Waals surface area (Å²) in [6.45, 7) is 8.12. The second-order valence-corrected chi connectivity index (χ2v) is 10.7. The topological polar surface area (TPSA) is 98.6 Å². The van der Waals surface area contributed by atoms with Gasteiger partial charge in [-0.3, -0.25) is 9.59 Å². The van der Waals surface area contributed by atoms with Crippen LogP contribution in [0.25, 0.3) is 11.0 Å². The maximum absolute atomic E-state index is 14.1. The third-order valence-corrected chi connectivity index (χ3v) is 6.58. The van der Waals surface area contributed by atoms with Crippen LogP contribution in [-0.2, 0) is 29.1 Å². The number of carbonyl (C=O) groups is 2. The zero-order valence-electron chi connectivity index (χ0n) is 22.7. The molecule has 0 fully saturated rings. The molecule has 0 radical (unpaired) electrons. The Morgan fingerprint density at radius 3 is 2.46 bits per heavy atom. The van der Waals surface area contributed by atoms with E-state index in [4.69, 9.17) is 9.47 Å². The lowest BCUT2D eigenvalue weighted by Crippen LogP contribution is -2.49. The molecule has 2 heterocycles. The average molecular weight is 528 g/mol. The number of nitrogens with zero attached hydrogens (tertiary/aromatic N) is 4. The molecule has 9 heteroatoms. The Kier molecular flexibility index (Phi) is 7.24. The molecule has 0 saturated heterocycles. The maximum atomic E-state index is 14.1. The lowest BCUT2D eigenvalue weighted by molar-refractivity contribution is -0.142. The van der Waals surface area contributed by atoms with E-state index in [-0.39, 0.29) is 31.7 Å². The van der Waals surface area contributed by atoms with E-state index in [0.29, 0.717) is 17.0 Å². The Balaban J connectivity index is 1.56. The molecule has 4 aromatic rings. The lowest BCUT2D eigenvalue weighted by atomic mass is 9.99. The zero-order valence-corrected chi connectivity index (χ0v) is 22.7. The van der Waals surface area contributed by atoms with Crippen LogP contribution in [-0.4, -0.2) is 44.0 Å². The number of fused-ring (bicyclic) bond motifs is 2. The van der Waals surface area contributed by atoms with E-state index >= 15 is 0 Å². The number of rotatable bonds is 8. The van der Waals surface area contributed by atoms with Crippen molar-refractivity contribution in [2.75, 3.05) is 6.79 Å². The van der Waals surface area contributed by atoms with Gasteiger partial charge in [-0.15, -0.1) is 5.10 Å². The van der Waals surface area contributed by atoms with Crippen molar-refractivity contribution < 1.29 is 19.1 Å². The van der Waals surface area contributed by atoms with Gasteiger partial charge in [0.1, 0.15) is 18.1 Å². The minimum Gasteiger partial charge on any atom is -0.454 e. The molecule has 0 bridgehead atoms. The summed E-state index contributed by atoms with van der Waals surface area (Å²) in [5, 5.41) is 11.5. The number of carbonyl (C=O) groups excluding carboxylic acids is 2. The molecule has 39 heavy (non-hydrogen) atoms. The summed E-state index contributed by atoms with van der Waals surface area (Å²) < 4.78 is 12.6. The van der Waals surface area contributed by atoms with Crippen LogP contribution in [0.1, 0.15) is 50.4 Å². The Hall–Kier alpha value is -4.40. The van der Waals surface area contributed by atoms with Crippen LogP contribution in [0, 0.1) is 0 Å². The predicted molar refractivity (Wildman–Crippen MR) is 147 cm³/mol. The van der Waals surface area contributed by atoms with E-state index in [0.717, 1.165) is 28.6 Å². The molecule has 1 N–H and O–H groups in total. The number of aryl methyl sites for hydroxylation is 1. The van der Waals surface area contributed by atoms with E-state index in [9.17, 15) is 9.59 Å². The first kappa shape index (κ1) is 26.2. The van der Waals surface area contributed by atoms with Crippen LogP contribution >= 0.6 is 0 Å². The van der Waals surface area contributed by atoms with Crippen molar-refractivity contribution in [3.8, 4) is 11.5 Å². The van der Waals surface area contributed by atoms with Crippen molar-refractivity contribution in [2.24, 2.45) is 0 Å². The molecule has 0 aliphatic carbocycles. The summed E-state index contributed by atoms with van der Waals surface area (Å²) in [5.41, 5.74) is 3.65. The molecule has 1 aromatic heterocycles. The molecule has 1 aliphatic heterocycles. The summed E-state index contributed by atoms with van der Waals surface area (Å²) in [7, 11) is 0. The monoisotopic (exact) mass is 527 g/mol. The summed E-state index contributed by atoms with van der Waals surface area (Å²) in [6, 6.07) is 20.0. The van der Waals surface area contributed by atoms with Crippen LogP contribution in [0.3, 0.4) is 0 Å². The van der Waals surface area contributed by atoms with Gasteiger partial charge < -0.3 is 19.7 Å². The van der Waals surface area contributed by atoms with Crippen molar-refractivity contribution in [2.45, 2.75) is 58.8 Å². The van der Waals surface area contributed by atoms with Gasteiger partial charge in [0.25, 0.3) is 0 Å². The minimum atomic E-state index is -0.872. The van der Waals surface area contributed by atoms with E-state index in [1.54, 1.807) is 9.58 Å². The number of amides is 2. The van der Waals surface area contributed by atoms with Crippen LogP contribution in [0.2, 0.25) is 0 Å². The predicted octanol–water partition coefficient (Wildman–Crippen LogP) is 4.41. The van der Waals surface area contributed by atoms with E-state index in [1.165, 1.54) is 0 Å². The zero-order chi connectivity index (χ0) is 27.6. The number of aromatic nitrogens is 3. The highest BCUT2D eigenvalue weighted by Crippen LogP contribution is 2.34. The van der Waals surface area contributed by atoms with E-state index < -0.39 is 11.6 Å². The normalized spacial score (nSPS) is 13.3. The third kappa shape index (κ3) is 5.87. The van der Waals surface area contributed by atoms with Crippen LogP contribution in [0.4, 0.5) is 0 Å². The highest BCUT2D eigenvalue weighted by Gasteiger charge is 2.34. The first-order valence-electron chi connectivity index (χ1n) is 13.1.